The number of hydrogen-bond acceptors (Lipinski definition) is 3. The fraction of sp³-hybridized carbons (Fsp3) is 0.833. The van der Waals surface area contributed by atoms with Crippen LogP contribution in [0.4, 0.5) is 0 Å². The predicted octanol–water partition coefficient (Wildman–Crippen LogP) is 0.699. The minimum atomic E-state index is -1.000. The van der Waals surface area contributed by atoms with Crippen LogP contribution in [-0.4, -0.2) is 48.1 Å². The van der Waals surface area contributed by atoms with Crippen LogP contribution in [0.15, 0.2) is 0 Å². The monoisotopic (exact) mass is 242 g/mol. The van der Waals surface area contributed by atoms with Crippen molar-refractivity contribution in [1.82, 2.24) is 10.2 Å². The molecule has 1 unspecified atom stereocenters. The average Bonchev–Trinajstić information content (AvgIpc) is 2.51. The molecule has 1 aliphatic heterocycles. The molecule has 0 aromatic carbocycles. The molecule has 1 fully saturated rings. The first kappa shape index (κ1) is 14.0. The number of carboxylic acid groups (broad SMARTS) is 1. The second kappa shape index (κ2) is 7.27. The molecule has 1 amide bonds. The quantitative estimate of drug-likeness (QED) is 0.744. The summed E-state index contributed by atoms with van der Waals surface area (Å²) in [4.78, 5) is 23.9. The maximum atomic E-state index is 11.5. The van der Waals surface area contributed by atoms with Crippen molar-refractivity contribution in [1.29, 1.82) is 0 Å². The first-order valence-electron chi connectivity index (χ1n) is 6.32. The number of rotatable bonds is 5. The van der Waals surface area contributed by atoms with Gasteiger partial charge in [0.25, 0.3) is 0 Å². The lowest BCUT2D eigenvalue weighted by molar-refractivity contribution is -0.138. The molecule has 1 saturated heterocycles. The van der Waals surface area contributed by atoms with Crippen molar-refractivity contribution in [2.45, 2.75) is 32.6 Å². The number of carbonyl (C=O) groups excluding carboxylic acids is 1. The standard InChI is InChI=1S/C12H22N2O3/c1-2-10-4-3-6-14(7-5-10)9-11(15)13-8-12(16)17/h10H,2-9H2,1H3,(H,13,15)(H,16,17). The van der Waals surface area contributed by atoms with Gasteiger partial charge in [0.2, 0.25) is 5.91 Å². The van der Waals surface area contributed by atoms with Crippen LogP contribution in [0.3, 0.4) is 0 Å². The summed E-state index contributed by atoms with van der Waals surface area (Å²) in [5.74, 6) is -0.412. The van der Waals surface area contributed by atoms with Crippen molar-refractivity contribution < 1.29 is 14.7 Å². The van der Waals surface area contributed by atoms with Gasteiger partial charge in [-0.15, -0.1) is 0 Å². The Hall–Kier alpha value is -1.10. The lowest BCUT2D eigenvalue weighted by Crippen LogP contribution is -2.39. The van der Waals surface area contributed by atoms with Crippen LogP contribution in [0.5, 0.6) is 0 Å². The van der Waals surface area contributed by atoms with E-state index in [4.69, 9.17) is 5.11 Å². The third kappa shape index (κ3) is 5.68. The summed E-state index contributed by atoms with van der Waals surface area (Å²) in [5, 5.41) is 10.8. The van der Waals surface area contributed by atoms with Crippen molar-refractivity contribution in [2.75, 3.05) is 26.2 Å². The molecule has 2 N–H and O–H groups in total. The predicted molar refractivity (Wildman–Crippen MR) is 64.7 cm³/mol. The molecule has 0 bridgehead atoms. The lowest BCUT2D eigenvalue weighted by atomic mass is 9.98. The summed E-state index contributed by atoms with van der Waals surface area (Å²) in [6, 6.07) is 0. The molecular weight excluding hydrogens is 220 g/mol. The first-order chi connectivity index (χ1) is 8.11. The number of aliphatic carboxylic acids is 1. The normalized spacial score (nSPS) is 21.8. The van der Waals surface area contributed by atoms with E-state index in [1.807, 2.05) is 0 Å². The number of carbonyl (C=O) groups is 2. The van der Waals surface area contributed by atoms with Crippen molar-refractivity contribution >= 4 is 11.9 Å². The van der Waals surface area contributed by atoms with Gasteiger partial charge in [0.05, 0.1) is 6.54 Å². The lowest BCUT2D eigenvalue weighted by Gasteiger charge is -2.19. The Kier molecular flexibility index (Phi) is 5.97. The summed E-state index contributed by atoms with van der Waals surface area (Å²) in [7, 11) is 0. The largest absolute Gasteiger partial charge is 0.480 e. The molecular formula is C12H22N2O3. The van der Waals surface area contributed by atoms with Crippen LogP contribution < -0.4 is 5.32 Å². The fourth-order valence-corrected chi connectivity index (χ4v) is 2.22. The topological polar surface area (TPSA) is 69.6 Å². The van der Waals surface area contributed by atoms with Crippen molar-refractivity contribution in [3.8, 4) is 0 Å². The Labute approximate surface area is 102 Å². The second-order valence-electron chi connectivity index (χ2n) is 4.65. The molecule has 0 saturated carbocycles. The zero-order valence-corrected chi connectivity index (χ0v) is 10.4. The third-order valence-corrected chi connectivity index (χ3v) is 3.32. The van der Waals surface area contributed by atoms with Gasteiger partial charge in [0, 0.05) is 0 Å². The van der Waals surface area contributed by atoms with Crippen LogP contribution >= 0.6 is 0 Å². The molecule has 0 aromatic rings. The van der Waals surface area contributed by atoms with Gasteiger partial charge in [-0.1, -0.05) is 13.3 Å². The molecule has 1 heterocycles. The first-order valence-corrected chi connectivity index (χ1v) is 6.32. The molecule has 98 valence electrons. The molecule has 0 aliphatic carbocycles. The number of carboxylic acids is 1. The highest BCUT2D eigenvalue weighted by Crippen LogP contribution is 2.19. The molecule has 5 heteroatoms. The van der Waals surface area contributed by atoms with E-state index in [1.54, 1.807) is 0 Å². The van der Waals surface area contributed by atoms with Crippen LogP contribution in [-0.2, 0) is 9.59 Å². The van der Waals surface area contributed by atoms with Gasteiger partial charge in [-0.3, -0.25) is 14.5 Å². The molecule has 17 heavy (non-hydrogen) atoms. The molecule has 5 nitrogen and oxygen atoms in total. The highest BCUT2D eigenvalue weighted by Gasteiger charge is 2.17. The van der Waals surface area contributed by atoms with Gasteiger partial charge in [-0.25, -0.2) is 0 Å². The van der Waals surface area contributed by atoms with Gasteiger partial charge >= 0.3 is 5.97 Å². The molecule has 0 spiro atoms. The van der Waals surface area contributed by atoms with Gasteiger partial charge in [0.15, 0.2) is 0 Å². The van der Waals surface area contributed by atoms with Crippen LogP contribution in [0, 0.1) is 5.92 Å². The Morgan fingerprint density at radius 1 is 1.35 bits per heavy atom. The number of likely N-dealkylation sites (tertiary alicyclic amines) is 1. The summed E-state index contributed by atoms with van der Waals surface area (Å²) in [6.07, 6.45) is 4.72. The minimum Gasteiger partial charge on any atom is -0.480 e. The number of nitrogens with zero attached hydrogens (tertiary/aromatic N) is 1. The van der Waals surface area contributed by atoms with Gasteiger partial charge in [0.1, 0.15) is 6.54 Å². The maximum Gasteiger partial charge on any atom is 0.322 e. The smallest absolute Gasteiger partial charge is 0.322 e. The van der Waals surface area contributed by atoms with Crippen molar-refractivity contribution in [3.63, 3.8) is 0 Å². The van der Waals surface area contributed by atoms with E-state index in [-0.39, 0.29) is 12.5 Å². The van der Waals surface area contributed by atoms with E-state index in [0.717, 1.165) is 31.8 Å². The highest BCUT2D eigenvalue weighted by atomic mass is 16.4. The number of hydrogen-bond donors (Lipinski definition) is 2. The minimum absolute atomic E-state index is 0.192. The Bertz CT molecular complexity index is 268. The maximum absolute atomic E-state index is 11.5. The summed E-state index contributed by atoms with van der Waals surface area (Å²) in [6.45, 7) is 4.13. The zero-order chi connectivity index (χ0) is 12.7. The van der Waals surface area contributed by atoms with E-state index in [9.17, 15) is 9.59 Å². The highest BCUT2D eigenvalue weighted by molar-refractivity contribution is 5.82. The Balaban J connectivity index is 2.26. The molecule has 1 atom stereocenters. The van der Waals surface area contributed by atoms with E-state index < -0.39 is 5.97 Å². The van der Waals surface area contributed by atoms with E-state index in [1.165, 1.54) is 12.8 Å². The number of amides is 1. The molecule has 1 rings (SSSR count). The summed E-state index contributed by atoms with van der Waals surface area (Å²) in [5.41, 5.74) is 0. The average molecular weight is 242 g/mol. The fourth-order valence-electron chi connectivity index (χ4n) is 2.22. The summed E-state index contributed by atoms with van der Waals surface area (Å²) < 4.78 is 0. The zero-order valence-electron chi connectivity index (χ0n) is 10.4. The van der Waals surface area contributed by atoms with Crippen LogP contribution in [0.2, 0.25) is 0 Å². The summed E-state index contributed by atoms with van der Waals surface area (Å²) >= 11 is 0. The molecule has 1 aliphatic rings. The van der Waals surface area contributed by atoms with Gasteiger partial charge in [-0.05, 0) is 38.3 Å². The van der Waals surface area contributed by atoms with Gasteiger partial charge < -0.3 is 10.4 Å². The van der Waals surface area contributed by atoms with Gasteiger partial charge in [-0.2, -0.15) is 0 Å². The molecule has 0 aromatic heterocycles. The van der Waals surface area contributed by atoms with E-state index >= 15 is 0 Å². The van der Waals surface area contributed by atoms with Crippen molar-refractivity contribution in [3.05, 3.63) is 0 Å². The Morgan fingerprint density at radius 2 is 2.12 bits per heavy atom. The number of nitrogens with one attached hydrogen (secondary N) is 1. The Morgan fingerprint density at radius 3 is 2.76 bits per heavy atom. The second-order valence-corrected chi connectivity index (χ2v) is 4.65. The van der Waals surface area contributed by atoms with Crippen LogP contribution in [0.1, 0.15) is 32.6 Å². The van der Waals surface area contributed by atoms with Crippen LogP contribution in [0.25, 0.3) is 0 Å². The molecule has 0 radical (unpaired) electrons. The third-order valence-electron chi connectivity index (χ3n) is 3.32. The van der Waals surface area contributed by atoms with E-state index in [2.05, 4.69) is 17.1 Å². The SMILES string of the molecule is CCC1CCCN(CC(=O)NCC(=O)O)CC1. The van der Waals surface area contributed by atoms with E-state index in [0.29, 0.717) is 6.54 Å². The van der Waals surface area contributed by atoms with Crippen molar-refractivity contribution in [2.24, 2.45) is 5.92 Å².